The fourth-order valence-electron chi connectivity index (χ4n) is 1.83. The monoisotopic (exact) mass is 256 g/mol. The van der Waals surface area contributed by atoms with Gasteiger partial charge in [-0.3, -0.25) is 9.59 Å². The molecule has 100 valence electrons. The van der Waals surface area contributed by atoms with Gasteiger partial charge in [-0.2, -0.15) is 0 Å². The highest BCUT2D eigenvalue weighted by molar-refractivity contribution is 5.85. The van der Waals surface area contributed by atoms with Gasteiger partial charge in [0.05, 0.1) is 18.4 Å². The Labute approximate surface area is 104 Å². The van der Waals surface area contributed by atoms with Crippen LogP contribution in [0.15, 0.2) is 12.2 Å². The quantitative estimate of drug-likeness (QED) is 0.467. The molecule has 7 heteroatoms. The number of nitrogens with two attached hydrogens (primary N) is 1. The van der Waals surface area contributed by atoms with E-state index in [0.717, 1.165) is 0 Å². The van der Waals surface area contributed by atoms with Gasteiger partial charge >= 0.3 is 12.1 Å². The second kappa shape index (κ2) is 6.63. The average molecular weight is 256 g/mol. The molecular weight excluding hydrogens is 240 g/mol. The summed E-state index contributed by atoms with van der Waals surface area (Å²) in [4.78, 5) is 33.1. The number of carbonyl (C=O) groups is 3. The minimum Gasteiger partial charge on any atom is -0.481 e. The summed E-state index contributed by atoms with van der Waals surface area (Å²) in [7, 11) is 0. The summed E-state index contributed by atoms with van der Waals surface area (Å²) in [6.45, 7) is 0.0930. The highest BCUT2D eigenvalue weighted by Crippen LogP contribution is 2.25. The molecule has 7 nitrogen and oxygen atoms in total. The minimum atomic E-state index is -0.979. The normalized spacial score (nSPS) is 22.2. The predicted molar refractivity (Wildman–Crippen MR) is 61.5 cm³/mol. The third-order valence-corrected chi connectivity index (χ3v) is 2.73. The molecule has 0 saturated carbocycles. The lowest BCUT2D eigenvalue weighted by molar-refractivity contribution is -0.147. The Balaban J connectivity index is 2.42. The molecule has 2 amide bonds. The van der Waals surface area contributed by atoms with Gasteiger partial charge in [-0.15, -0.1) is 0 Å². The van der Waals surface area contributed by atoms with E-state index < -0.39 is 23.9 Å². The van der Waals surface area contributed by atoms with Crippen LogP contribution in [0.1, 0.15) is 12.8 Å². The zero-order chi connectivity index (χ0) is 13.5. The number of hydrogen-bond donors (Lipinski definition) is 3. The average Bonchev–Trinajstić information content (AvgIpc) is 2.34. The van der Waals surface area contributed by atoms with Crippen molar-refractivity contribution >= 4 is 18.0 Å². The van der Waals surface area contributed by atoms with E-state index in [4.69, 9.17) is 10.8 Å². The highest BCUT2D eigenvalue weighted by Gasteiger charge is 2.33. The fraction of sp³-hybridized carbons (Fsp3) is 0.545. The van der Waals surface area contributed by atoms with Gasteiger partial charge in [0.1, 0.15) is 6.61 Å². The SMILES string of the molecule is NC(=O)OCCNC(=O)[C@@H]1CC=CC[C@@H]1C(=O)O. The largest absolute Gasteiger partial charge is 0.481 e. The molecule has 0 unspecified atom stereocenters. The highest BCUT2D eigenvalue weighted by atomic mass is 16.5. The third-order valence-electron chi connectivity index (χ3n) is 2.73. The summed E-state index contributed by atoms with van der Waals surface area (Å²) in [6.07, 6.45) is 3.40. The van der Waals surface area contributed by atoms with E-state index in [2.05, 4.69) is 10.1 Å². The Morgan fingerprint density at radius 3 is 2.44 bits per heavy atom. The number of carboxylic acids is 1. The van der Waals surface area contributed by atoms with Crippen molar-refractivity contribution in [2.45, 2.75) is 12.8 Å². The zero-order valence-electron chi connectivity index (χ0n) is 9.80. The van der Waals surface area contributed by atoms with Crippen molar-refractivity contribution in [3.63, 3.8) is 0 Å². The molecule has 1 aliphatic rings. The van der Waals surface area contributed by atoms with Crippen LogP contribution in [0, 0.1) is 11.8 Å². The minimum absolute atomic E-state index is 0.0264. The molecule has 0 fully saturated rings. The first-order valence-electron chi connectivity index (χ1n) is 5.60. The van der Waals surface area contributed by atoms with E-state index in [1.807, 2.05) is 0 Å². The van der Waals surface area contributed by atoms with Crippen molar-refractivity contribution in [2.24, 2.45) is 17.6 Å². The van der Waals surface area contributed by atoms with Crippen LogP contribution in [0.25, 0.3) is 0 Å². The van der Waals surface area contributed by atoms with E-state index in [1.54, 1.807) is 12.2 Å². The van der Waals surface area contributed by atoms with Crippen molar-refractivity contribution in [3.8, 4) is 0 Å². The Morgan fingerprint density at radius 1 is 1.28 bits per heavy atom. The van der Waals surface area contributed by atoms with Gasteiger partial charge < -0.3 is 20.9 Å². The molecule has 4 N–H and O–H groups in total. The topological polar surface area (TPSA) is 119 Å². The van der Waals surface area contributed by atoms with Crippen LogP contribution < -0.4 is 11.1 Å². The Bertz CT molecular complexity index is 366. The summed E-state index contributed by atoms with van der Waals surface area (Å²) in [5.74, 6) is -2.61. The van der Waals surface area contributed by atoms with Crippen molar-refractivity contribution in [3.05, 3.63) is 12.2 Å². The number of carboxylic acid groups (broad SMARTS) is 1. The first kappa shape index (κ1) is 14.0. The number of nitrogens with one attached hydrogen (secondary N) is 1. The van der Waals surface area contributed by atoms with Gasteiger partial charge in [0.15, 0.2) is 0 Å². The number of rotatable bonds is 5. The predicted octanol–water partition coefficient (Wildman–Crippen LogP) is -0.135. The van der Waals surface area contributed by atoms with Gasteiger partial charge in [0.2, 0.25) is 5.91 Å². The van der Waals surface area contributed by atoms with Crippen LogP contribution in [-0.2, 0) is 14.3 Å². The standard InChI is InChI=1S/C11H16N2O5/c12-11(17)18-6-5-13-9(14)7-3-1-2-4-8(7)10(15)16/h1-2,7-8H,3-6H2,(H2,12,17)(H,13,14)(H,15,16)/t7-,8+/m1/s1. The second-order valence-electron chi connectivity index (χ2n) is 3.95. The van der Waals surface area contributed by atoms with Crippen LogP contribution in [0.3, 0.4) is 0 Å². The summed E-state index contributed by atoms with van der Waals surface area (Å²) in [5.41, 5.74) is 4.75. The summed E-state index contributed by atoms with van der Waals surface area (Å²) in [6, 6.07) is 0. The maximum absolute atomic E-state index is 11.8. The van der Waals surface area contributed by atoms with Crippen LogP contribution in [0.4, 0.5) is 4.79 Å². The molecular formula is C11H16N2O5. The molecule has 0 spiro atoms. The van der Waals surface area contributed by atoms with Gasteiger partial charge in [-0.05, 0) is 12.8 Å². The number of aliphatic carboxylic acids is 1. The van der Waals surface area contributed by atoms with E-state index >= 15 is 0 Å². The lowest BCUT2D eigenvalue weighted by Crippen LogP contribution is -2.40. The molecule has 1 rings (SSSR count). The number of amides is 2. The molecule has 0 aromatic carbocycles. The maximum atomic E-state index is 11.8. The number of allylic oxidation sites excluding steroid dienone is 2. The maximum Gasteiger partial charge on any atom is 0.404 e. The number of carbonyl (C=O) groups excluding carboxylic acids is 2. The Morgan fingerprint density at radius 2 is 1.89 bits per heavy atom. The second-order valence-corrected chi connectivity index (χ2v) is 3.95. The first-order valence-corrected chi connectivity index (χ1v) is 5.60. The van der Waals surface area contributed by atoms with E-state index in [9.17, 15) is 14.4 Å². The molecule has 1 aliphatic carbocycles. The lowest BCUT2D eigenvalue weighted by Gasteiger charge is -2.24. The smallest absolute Gasteiger partial charge is 0.404 e. The zero-order valence-corrected chi connectivity index (χ0v) is 9.80. The Kier molecular flexibility index (Phi) is 5.16. The number of ether oxygens (including phenoxy) is 1. The number of primary amides is 1. The Hall–Kier alpha value is -2.05. The van der Waals surface area contributed by atoms with E-state index in [1.165, 1.54) is 0 Å². The van der Waals surface area contributed by atoms with Crippen LogP contribution in [0.5, 0.6) is 0 Å². The molecule has 0 aliphatic heterocycles. The van der Waals surface area contributed by atoms with Gasteiger partial charge in [-0.25, -0.2) is 4.79 Å². The lowest BCUT2D eigenvalue weighted by atomic mass is 9.82. The van der Waals surface area contributed by atoms with E-state index in [0.29, 0.717) is 12.8 Å². The molecule has 0 bridgehead atoms. The summed E-state index contributed by atoms with van der Waals surface area (Å²) >= 11 is 0. The van der Waals surface area contributed by atoms with Crippen LogP contribution in [0.2, 0.25) is 0 Å². The molecule has 0 heterocycles. The van der Waals surface area contributed by atoms with Gasteiger partial charge in [0, 0.05) is 0 Å². The van der Waals surface area contributed by atoms with Crippen molar-refractivity contribution in [2.75, 3.05) is 13.2 Å². The first-order chi connectivity index (χ1) is 8.52. The molecule has 0 radical (unpaired) electrons. The van der Waals surface area contributed by atoms with Crippen molar-refractivity contribution < 1.29 is 24.2 Å². The third kappa shape index (κ3) is 4.08. The van der Waals surface area contributed by atoms with Crippen LogP contribution in [-0.4, -0.2) is 36.2 Å². The summed E-state index contributed by atoms with van der Waals surface area (Å²) < 4.78 is 4.45. The molecule has 0 saturated heterocycles. The summed E-state index contributed by atoms with van der Waals surface area (Å²) in [5, 5.41) is 11.5. The van der Waals surface area contributed by atoms with Crippen molar-refractivity contribution in [1.29, 1.82) is 0 Å². The molecule has 0 aromatic rings. The van der Waals surface area contributed by atoms with Crippen LogP contribution >= 0.6 is 0 Å². The number of hydrogen-bond acceptors (Lipinski definition) is 4. The molecule has 18 heavy (non-hydrogen) atoms. The van der Waals surface area contributed by atoms with E-state index in [-0.39, 0.29) is 19.1 Å². The molecule has 2 atom stereocenters. The van der Waals surface area contributed by atoms with Gasteiger partial charge in [-0.1, -0.05) is 12.2 Å². The van der Waals surface area contributed by atoms with Gasteiger partial charge in [0.25, 0.3) is 0 Å². The fourth-order valence-corrected chi connectivity index (χ4v) is 1.83. The van der Waals surface area contributed by atoms with Crippen molar-refractivity contribution in [1.82, 2.24) is 5.32 Å². The molecule has 0 aromatic heterocycles.